The molecule has 128 valence electrons. The molecule has 0 fully saturated rings. The van der Waals surface area contributed by atoms with E-state index in [1.165, 1.54) is 0 Å². The molecular weight excluding hydrogens is 318 g/mol. The van der Waals surface area contributed by atoms with Crippen LogP contribution in [0.25, 0.3) is 11.5 Å². The zero-order chi connectivity index (χ0) is 18.0. The number of nitrogens with zero attached hydrogens (tertiary/aromatic N) is 1. The van der Waals surface area contributed by atoms with E-state index in [1.807, 2.05) is 56.3 Å². The van der Waals surface area contributed by atoms with Gasteiger partial charge in [-0.05, 0) is 36.6 Å². The van der Waals surface area contributed by atoms with Gasteiger partial charge in [0.05, 0.1) is 17.0 Å². The highest BCUT2D eigenvalue weighted by Crippen LogP contribution is 2.33. The zero-order valence-corrected chi connectivity index (χ0v) is 14.2. The van der Waals surface area contributed by atoms with Crippen LogP contribution in [0.2, 0.25) is 0 Å². The summed E-state index contributed by atoms with van der Waals surface area (Å²) in [7, 11) is 0. The van der Waals surface area contributed by atoms with Crippen LogP contribution in [-0.4, -0.2) is 21.9 Å². The molecule has 2 aromatic heterocycles. The van der Waals surface area contributed by atoms with Gasteiger partial charge in [-0.1, -0.05) is 37.3 Å². The van der Waals surface area contributed by atoms with Crippen molar-refractivity contribution >= 4 is 12.3 Å². The van der Waals surface area contributed by atoms with Crippen LogP contribution in [0.5, 0.6) is 0 Å². The molecule has 0 bridgehead atoms. The lowest BCUT2D eigenvalue weighted by Crippen LogP contribution is -2.08. The van der Waals surface area contributed by atoms with Crippen LogP contribution >= 0.6 is 0 Å². The first-order chi connectivity index (χ1) is 12.1. The van der Waals surface area contributed by atoms with Crippen molar-refractivity contribution in [2.24, 2.45) is 0 Å². The molecule has 0 saturated heterocycles. The Kier molecular flexibility index (Phi) is 4.57. The first-order valence-corrected chi connectivity index (χ1v) is 8.11. The van der Waals surface area contributed by atoms with E-state index < -0.39 is 5.97 Å². The van der Waals surface area contributed by atoms with Crippen LogP contribution in [0.4, 0.5) is 0 Å². The second kappa shape index (κ2) is 6.81. The Hall–Kier alpha value is -3.08. The third-order valence-electron chi connectivity index (χ3n) is 4.24. The fraction of sp³-hybridized carbons (Fsp3) is 0.200. The molecule has 3 aromatic rings. The highest BCUT2D eigenvalue weighted by atomic mass is 16.4. The van der Waals surface area contributed by atoms with Crippen LogP contribution < -0.4 is 0 Å². The van der Waals surface area contributed by atoms with E-state index in [0.29, 0.717) is 36.3 Å². The average molecular weight is 337 g/mol. The molecule has 0 aliphatic rings. The third kappa shape index (κ3) is 3.01. The Balaban J connectivity index is 2.29. The number of carbonyl (C=O) groups is 2. The van der Waals surface area contributed by atoms with Gasteiger partial charge in [0.2, 0.25) is 0 Å². The van der Waals surface area contributed by atoms with Crippen molar-refractivity contribution < 1.29 is 19.1 Å². The van der Waals surface area contributed by atoms with Crippen LogP contribution in [0.1, 0.15) is 44.7 Å². The molecule has 0 saturated carbocycles. The van der Waals surface area contributed by atoms with Gasteiger partial charge < -0.3 is 14.1 Å². The van der Waals surface area contributed by atoms with Crippen LogP contribution in [0.3, 0.4) is 0 Å². The molecule has 5 heteroatoms. The third-order valence-corrected chi connectivity index (χ3v) is 4.24. The van der Waals surface area contributed by atoms with E-state index >= 15 is 0 Å². The Morgan fingerprint density at radius 2 is 1.92 bits per heavy atom. The van der Waals surface area contributed by atoms with Crippen molar-refractivity contribution in [2.45, 2.75) is 26.8 Å². The minimum Gasteiger partial charge on any atom is -0.478 e. The number of furan rings is 1. The Labute approximate surface area is 145 Å². The number of hydrogen-bond donors (Lipinski definition) is 1. The number of carboxylic acid groups (broad SMARTS) is 1. The molecule has 5 nitrogen and oxygen atoms in total. The lowest BCUT2D eigenvalue weighted by atomic mass is 10.1. The molecule has 0 unspecified atom stereocenters. The van der Waals surface area contributed by atoms with E-state index in [4.69, 9.17) is 4.42 Å². The molecule has 2 heterocycles. The number of rotatable bonds is 6. The summed E-state index contributed by atoms with van der Waals surface area (Å²) < 4.78 is 7.49. The smallest absolute Gasteiger partial charge is 0.338 e. The number of carboxylic acids is 1. The molecule has 3 rings (SSSR count). The SMILES string of the molecule is CCc1c(C(=O)O)c(C=O)n(Cc2ccccc2)c1-c1ccc(C)o1. The van der Waals surface area contributed by atoms with Gasteiger partial charge in [-0.25, -0.2) is 4.79 Å². The highest BCUT2D eigenvalue weighted by molar-refractivity contribution is 6.00. The van der Waals surface area contributed by atoms with E-state index in [-0.39, 0.29) is 11.3 Å². The minimum absolute atomic E-state index is 0.0532. The molecule has 0 aliphatic heterocycles. The summed E-state index contributed by atoms with van der Waals surface area (Å²) in [5.74, 6) is 0.199. The van der Waals surface area contributed by atoms with Crippen LogP contribution in [-0.2, 0) is 13.0 Å². The van der Waals surface area contributed by atoms with Gasteiger partial charge >= 0.3 is 5.97 Å². The molecule has 0 atom stereocenters. The Morgan fingerprint density at radius 1 is 1.20 bits per heavy atom. The van der Waals surface area contributed by atoms with Gasteiger partial charge in [-0.3, -0.25) is 4.79 Å². The van der Waals surface area contributed by atoms with Crippen molar-refractivity contribution in [2.75, 3.05) is 0 Å². The van der Waals surface area contributed by atoms with Gasteiger partial charge in [0, 0.05) is 6.54 Å². The topological polar surface area (TPSA) is 72.4 Å². The summed E-state index contributed by atoms with van der Waals surface area (Å²) in [5, 5.41) is 9.66. The number of benzene rings is 1. The van der Waals surface area contributed by atoms with E-state index in [1.54, 1.807) is 4.57 Å². The summed E-state index contributed by atoms with van der Waals surface area (Å²) in [6.45, 7) is 4.10. The van der Waals surface area contributed by atoms with Crippen molar-refractivity contribution in [3.63, 3.8) is 0 Å². The summed E-state index contributed by atoms with van der Waals surface area (Å²) in [5.41, 5.74) is 2.46. The summed E-state index contributed by atoms with van der Waals surface area (Å²) in [6, 6.07) is 13.3. The molecule has 1 aromatic carbocycles. The quantitative estimate of drug-likeness (QED) is 0.685. The lowest BCUT2D eigenvalue weighted by molar-refractivity contribution is 0.0692. The summed E-state index contributed by atoms with van der Waals surface area (Å²) >= 11 is 0. The standard InChI is InChI=1S/C20H19NO4/c1-3-15-18(20(23)24)16(12-22)21(11-14-7-5-4-6-8-14)19(15)17-10-9-13(2)25-17/h4-10,12H,3,11H2,1-2H3,(H,23,24). The molecular formula is C20H19NO4. The van der Waals surface area contributed by atoms with Gasteiger partial charge in [0.25, 0.3) is 0 Å². The second-order valence-corrected chi connectivity index (χ2v) is 5.85. The highest BCUT2D eigenvalue weighted by Gasteiger charge is 2.28. The maximum Gasteiger partial charge on any atom is 0.338 e. The molecule has 25 heavy (non-hydrogen) atoms. The number of carbonyl (C=O) groups excluding carboxylic acids is 1. The molecule has 0 amide bonds. The average Bonchev–Trinajstić information content (AvgIpc) is 3.16. The van der Waals surface area contributed by atoms with Crippen molar-refractivity contribution in [1.82, 2.24) is 4.57 Å². The van der Waals surface area contributed by atoms with Gasteiger partial charge in [0.1, 0.15) is 5.76 Å². The van der Waals surface area contributed by atoms with Crippen molar-refractivity contribution in [3.8, 4) is 11.5 Å². The Morgan fingerprint density at radius 3 is 2.44 bits per heavy atom. The predicted octanol–water partition coefficient (Wildman–Crippen LogP) is 4.18. The molecule has 0 radical (unpaired) electrons. The normalized spacial score (nSPS) is 10.8. The first-order valence-electron chi connectivity index (χ1n) is 8.11. The summed E-state index contributed by atoms with van der Waals surface area (Å²) in [4.78, 5) is 23.6. The number of aromatic carboxylic acids is 1. The largest absolute Gasteiger partial charge is 0.478 e. The fourth-order valence-electron chi connectivity index (χ4n) is 3.17. The van der Waals surface area contributed by atoms with Gasteiger partial charge in [-0.2, -0.15) is 0 Å². The van der Waals surface area contributed by atoms with E-state index in [9.17, 15) is 14.7 Å². The van der Waals surface area contributed by atoms with Gasteiger partial charge in [0.15, 0.2) is 12.0 Å². The zero-order valence-electron chi connectivity index (χ0n) is 14.2. The van der Waals surface area contributed by atoms with E-state index in [2.05, 4.69) is 0 Å². The van der Waals surface area contributed by atoms with Crippen molar-refractivity contribution in [1.29, 1.82) is 0 Å². The maximum atomic E-state index is 11.8. The second-order valence-electron chi connectivity index (χ2n) is 5.85. The maximum absolute atomic E-state index is 11.8. The van der Waals surface area contributed by atoms with Crippen molar-refractivity contribution in [3.05, 3.63) is 70.6 Å². The fourth-order valence-corrected chi connectivity index (χ4v) is 3.17. The molecule has 0 aliphatic carbocycles. The minimum atomic E-state index is -1.10. The van der Waals surface area contributed by atoms with Gasteiger partial charge in [-0.15, -0.1) is 0 Å². The first kappa shape index (κ1) is 16.8. The predicted molar refractivity (Wildman–Crippen MR) is 94.1 cm³/mol. The number of aromatic nitrogens is 1. The monoisotopic (exact) mass is 337 g/mol. The lowest BCUT2D eigenvalue weighted by Gasteiger charge is -2.11. The van der Waals surface area contributed by atoms with E-state index in [0.717, 1.165) is 11.3 Å². The van der Waals surface area contributed by atoms with Crippen LogP contribution in [0.15, 0.2) is 46.9 Å². The molecule has 0 spiro atoms. The molecule has 1 N–H and O–H groups in total. The van der Waals surface area contributed by atoms with Crippen LogP contribution in [0, 0.1) is 6.92 Å². The number of aldehydes is 1. The Bertz CT molecular complexity index is 919. The summed E-state index contributed by atoms with van der Waals surface area (Å²) in [6.07, 6.45) is 1.10. The number of hydrogen-bond acceptors (Lipinski definition) is 3. The number of aryl methyl sites for hydroxylation is 1.